The van der Waals surface area contributed by atoms with Crippen molar-refractivity contribution in [1.82, 2.24) is 0 Å². The van der Waals surface area contributed by atoms with Crippen molar-refractivity contribution in [2.45, 2.75) is 77.7 Å². The van der Waals surface area contributed by atoms with Crippen LogP contribution in [0.25, 0.3) is 0 Å². The fraction of sp³-hybridized carbons (Fsp3) is 0.947. The Morgan fingerprint density at radius 3 is 2.71 bits per heavy atom. The van der Waals surface area contributed by atoms with Gasteiger partial charge in [-0.2, -0.15) is 0 Å². The van der Waals surface area contributed by atoms with Crippen molar-refractivity contribution in [2.75, 3.05) is 0 Å². The minimum absolute atomic E-state index is 0.116. The summed E-state index contributed by atoms with van der Waals surface area (Å²) < 4.78 is 0. The van der Waals surface area contributed by atoms with Crippen molar-refractivity contribution in [3.8, 4) is 0 Å². The molecule has 0 aromatic heterocycles. The largest absolute Gasteiger partial charge is 0.393 e. The zero-order valence-electron chi connectivity index (χ0n) is 13.6. The number of Topliss-reactive ketones (excluding diaryl/α,β-unsaturated/α-hetero) is 1. The fourth-order valence-electron chi connectivity index (χ4n) is 7.06. The van der Waals surface area contributed by atoms with Gasteiger partial charge in [-0.15, -0.1) is 0 Å². The normalized spacial score (nSPS) is 56.5. The van der Waals surface area contributed by atoms with Crippen LogP contribution in [-0.2, 0) is 4.79 Å². The third-order valence-corrected chi connectivity index (χ3v) is 8.09. The summed E-state index contributed by atoms with van der Waals surface area (Å²) in [6.07, 6.45) is 10.1. The molecule has 7 atom stereocenters. The second-order valence-corrected chi connectivity index (χ2v) is 9.15. The van der Waals surface area contributed by atoms with Gasteiger partial charge < -0.3 is 5.11 Å². The molecule has 2 heteroatoms. The highest BCUT2D eigenvalue weighted by atomic mass is 16.3. The molecule has 0 aromatic carbocycles. The minimum atomic E-state index is -0.116. The number of ketones is 1. The Kier molecular flexibility index (Phi) is 3.10. The average Bonchev–Trinajstić information content (AvgIpc) is 2.80. The summed E-state index contributed by atoms with van der Waals surface area (Å²) >= 11 is 0. The Hall–Kier alpha value is -0.370. The maximum atomic E-state index is 13.1. The van der Waals surface area contributed by atoms with Crippen molar-refractivity contribution in [3.05, 3.63) is 0 Å². The molecule has 0 bridgehead atoms. The summed E-state index contributed by atoms with van der Waals surface area (Å²) in [7, 11) is 0. The third kappa shape index (κ3) is 1.90. The number of carbonyl (C=O) groups excluding carboxylic acids is 1. The van der Waals surface area contributed by atoms with Crippen LogP contribution in [0.3, 0.4) is 0 Å². The lowest BCUT2D eigenvalue weighted by Crippen LogP contribution is -2.56. The standard InChI is InChI=1S/C19H30O2/c1-18-8-3-4-15(18)14-6-5-12-10-13(20)7-9-19(12,2)17(14)16(21)11-18/h12-15,17,20H,3-11H2,1-2H3/t12-,13+,14-,15+,17+,18+,19+/m0/s1. The number of aliphatic hydroxyl groups excluding tert-OH is 1. The van der Waals surface area contributed by atoms with Crippen LogP contribution in [0.2, 0.25) is 0 Å². The Bertz CT molecular complexity index is 458. The summed E-state index contributed by atoms with van der Waals surface area (Å²) in [5, 5.41) is 10.0. The maximum absolute atomic E-state index is 13.1. The highest BCUT2D eigenvalue weighted by Crippen LogP contribution is 2.65. The molecule has 0 aliphatic heterocycles. The lowest BCUT2D eigenvalue weighted by Gasteiger charge is -2.59. The monoisotopic (exact) mass is 290 g/mol. The van der Waals surface area contributed by atoms with E-state index < -0.39 is 0 Å². The summed E-state index contributed by atoms with van der Waals surface area (Å²) in [4.78, 5) is 13.1. The quantitative estimate of drug-likeness (QED) is 0.733. The molecule has 1 N–H and O–H groups in total. The van der Waals surface area contributed by atoms with Crippen molar-refractivity contribution in [1.29, 1.82) is 0 Å². The van der Waals surface area contributed by atoms with E-state index in [0.717, 1.165) is 31.6 Å². The van der Waals surface area contributed by atoms with E-state index in [1.165, 1.54) is 32.1 Å². The van der Waals surface area contributed by atoms with Crippen LogP contribution >= 0.6 is 0 Å². The first-order valence-electron chi connectivity index (χ1n) is 9.15. The molecule has 0 aromatic rings. The average molecular weight is 290 g/mol. The molecule has 0 spiro atoms. The molecule has 0 amide bonds. The van der Waals surface area contributed by atoms with Gasteiger partial charge in [-0.1, -0.05) is 20.3 Å². The Morgan fingerprint density at radius 1 is 1.10 bits per heavy atom. The fourth-order valence-corrected chi connectivity index (χ4v) is 7.06. The van der Waals surface area contributed by atoms with Gasteiger partial charge in [-0.05, 0) is 73.5 Å². The van der Waals surface area contributed by atoms with Crippen molar-refractivity contribution in [2.24, 2.45) is 34.5 Å². The molecule has 21 heavy (non-hydrogen) atoms. The predicted molar refractivity (Wildman–Crippen MR) is 82.7 cm³/mol. The maximum Gasteiger partial charge on any atom is 0.137 e. The van der Waals surface area contributed by atoms with Crippen LogP contribution in [-0.4, -0.2) is 17.0 Å². The number of hydrogen-bond donors (Lipinski definition) is 1. The molecule has 4 saturated carbocycles. The van der Waals surface area contributed by atoms with Gasteiger partial charge in [0.15, 0.2) is 0 Å². The van der Waals surface area contributed by atoms with Crippen LogP contribution in [0.4, 0.5) is 0 Å². The molecule has 4 fully saturated rings. The van der Waals surface area contributed by atoms with Gasteiger partial charge in [0, 0.05) is 12.3 Å². The van der Waals surface area contributed by atoms with E-state index in [4.69, 9.17) is 0 Å². The van der Waals surface area contributed by atoms with Crippen LogP contribution in [0.5, 0.6) is 0 Å². The van der Waals surface area contributed by atoms with E-state index >= 15 is 0 Å². The number of carbonyl (C=O) groups is 1. The summed E-state index contributed by atoms with van der Waals surface area (Å²) in [6, 6.07) is 0. The lowest BCUT2D eigenvalue weighted by atomic mass is 9.45. The highest BCUT2D eigenvalue weighted by molar-refractivity contribution is 5.84. The van der Waals surface area contributed by atoms with E-state index in [2.05, 4.69) is 13.8 Å². The van der Waals surface area contributed by atoms with E-state index in [1.807, 2.05) is 0 Å². The molecular formula is C19H30O2. The first-order valence-corrected chi connectivity index (χ1v) is 9.15. The smallest absolute Gasteiger partial charge is 0.137 e. The molecule has 4 rings (SSSR count). The molecule has 2 nitrogen and oxygen atoms in total. The summed E-state index contributed by atoms with van der Waals surface area (Å²) in [6.45, 7) is 4.77. The van der Waals surface area contributed by atoms with Crippen LogP contribution in [0.15, 0.2) is 0 Å². The van der Waals surface area contributed by atoms with Gasteiger partial charge in [0.2, 0.25) is 0 Å². The summed E-state index contributed by atoms with van der Waals surface area (Å²) in [5.74, 6) is 2.90. The van der Waals surface area contributed by atoms with Crippen molar-refractivity contribution < 1.29 is 9.90 Å². The van der Waals surface area contributed by atoms with Gasteiger partial charge in [0.25, 0.3) is 0 Å². The molecule has 0 saturated heterocycles. The third-order valence-electron chi connectivity index (χ3n) is 8.09. The first-order chi connectivity index (χ1) is 9.94. The lowest BCUT2D eigenvalue weighted by molar-refractivity contribution is -0.159. The predicted octanol–water partition coefficient (Wildman–Crippen LogP) is 3.96. The van der Waals surface area contributed by atoms with Gasteiger partial charge in [-0.25, -0.2) is 0 Å². The SMILES string of the molecule is C[C@]12CCC[C@@H]1[C@@H]1CC[C@H]3C[C@H](O)CC[C@@]3(C)[C@H]1C(=O)C2. The van der Waals surface area contributed by atoms with Gasteiger partial charge in [0.05, 0.1) is 6.10 Å². The van der Waals surface area contributed by atoms with Gasteiger partial charge in [-0.3, -0.25) is 4.79 Å². The number of hydrogen-bond acceptors (Lipinski definition) is 2. The zero-order chi connectivity index (χ0) is 14.8. The Labute approximate surface area is 128 Å². The van der Waals surface area contributed by atoms with E-state index in [9.17, 15) is 9.90 Å². The van der Waals surface area contributed by atoms with Crippen molar-refractivity contribution in [3.63, 3.8) is 0 Å². The van der Waals surface area contributed by atoms with Crippen LogP contribution in [0.1, 0.15) is 71.6 Å². The van der Waals surface area contributed by atoms with Crippen LogP contribution in [0, 0.1) is 34.5 Å². The highest BCUT2D eigenvalue weighted by Gasteiger charge is 2.60. The van der Waals surface area contributed by atoms with E-state index in [0.29, 0.717) is 29.0 Å². The molecule has 0 unspecified atom stereocenters. The second kappa shape index (κ2) is 4.57. The summed E-state index contributed by atoms with van der Waals surface area (Å²) in [5.41, 5.74) is 0.499. The van der Waals surface area contributed by atoms with Crippen molar-refractivity contribution >= 4 is 5.78 Å². The van der Waals surface area contributed by atoms with E-state index in [-0.39, 0.29) is 11.5 Å². The van der Waals surface area contributed by atoms with E-state index in [1.54, 1.807) is 0 Å². The van der Waals surface area contributed by atoms with Crippen LogP contribution < -0.4 is 0 Å². The zero-order valence-corrected chi connectivity index (χ0v) is 13.6. The van der Waals surface area contributed by atoms with Gasteiger partial charge in [0.1, 0.15) is 5.78 Å². The Balaban J connectivity index is 1.69. The van der Waals surface area contributed by atoms with Gasteiger partial charge >= 0.3 is 0 Å². The molecule has 4 aliphatic rings. The topological polar surface area (TPSA) is 37.3 Å². The first kappa shape index (κ1) is 14.2. The second-order valence-electron chi connectivity index (χ2n) is 9.15. The molecule has 0 heterocycles. The molecule has 4 aliphatic carbocycles. The molecule has 0 radical (unpaired) electrons. The molecular weight excluding hydrogens is 260 g/mol. The Morgan fingerprint density at radius 2 is 1.90 bits per heavy atom. The number of aliphatic hydroxyl groups is 1. The number of rotatable bonds is 0. The minimum Gasteiger partial charge on any atom is -0.393 e. The number of fused-ring (bicyclic) bond motifs is 5. The molecule has 118 valence electrons.